The summed E-state index contributed by atoms with van der Waals surface area (Å²) in [5.74, 6) is -0.765. The van der Waals surface area contributed by atoms with Crippen LogP contribution in [-0.4, -0.2) is 28.2 Å². The largest absolute Gasteiger partial charge is 0.494 e. The first-order valence-electron chi connectivity index (χ1n) is 8.15. The number of fused-ring (bicyclic) bond motifs is 1. The molecule has 0 bridgehead atoms. The van der Waals surface area contributed by atoms with Crippen molar-refractivity contribution in [3.63, 3.8) is 0 Å². The van der Waals surface area contributed by atoms with Gasteiger partial charge in [0.1, 0.15) is 0 Å². The van der Waals surface area contributed by atoms with Crippen LogP contribution >= 0.6 is 11.8 Å². The first-order chi connectivity index (χ1) is 13.0. The van der Waals surface area contributed by atoms with Gasteiger partial charge in [0.15, 0.2) is 22.5 Å². The summed E-state index contributed by atoms with van der Waals surface area (Å²) in [6, 6.07) is 11.1. The van der Waals surface area contributed by atoms with Gasteiger partial charge >= 0.3 is 0 Å². The second-order valence-corrected chi connectivity index (χ2v) is 6.62. The fourth-order valence-corrected chi connectivity index (χ4v) is 3.50. The molecule has 0 saturated heterocycles. The lowest BCUT2D eigenvalue weighted by Gasteiger charge is -2.11. The van der Waals surface area contributed by atoms with Crippen molar-refractivity contribution in [2.45, 2.75) is 11.7 Å². The summed E-state index contributed by atoms with van der Waals surface area (Å²) < 4.78 is 20.1. The standard InChI is InChI=1S/C20H17FN2O3S/c1-3-10-23-19(25)14-6-4-5-7-16(14)22-20(23)27-12-17(24)13-8-9-18(26-2)15(21)11-13/h3-9,11H,1,10,12H2,2H3. The molecule has 0 aliphatic rings. The minimum atomic E-state index is -0.597. The number of aromatic nitrogens is 2. The van der Waals surface area contributed by atoms with Crippen LogP contribution in [0.3, 0.4) is 0 Å². The molecule has 3 rings (SSSR count). The number of rotatable bonds is 7. The maximum atomic E-state index is 13.8. The molecule has 0 N–H and O–H groups in total. The van der Waals surface area contributed by atoms with Crippen molar-refractivity contribution in [1.29, 1.82) is 0 Å². The van der Waals surface area contributed by atoms with E-state index in [1.54, 1.807) is 30.3 Å². The van der Waals surface area contributed by atoms with E-state index in [4.69, 9.17) is 4.74 Å². The first-order valence-corrected chi connectivity index (χ1v) is 9.13. The Bertz CT molecular complexity index is 1080. The number of hydrogen-bond donors (Lipinski definition) is 0. The molecule has 0 aliphatic heterocycles. The Kier molecular flexibility index (Phi) is 5.71. The molecular weight excluding hydrogens is 367 g/mol. The van der Waals surface area contributed by atoms with Crippen LogP contribution in [-0.2, 0) is 6.54 Å². The van der Waals surface area contributed by atoms with Gasteiger partial charge in [0.2, 0.25) is 0 Å². The SMILES string of the molecule is C=CCn1c(SCC(=O)c2ccc(OC)c(F)c2)nc2ccccc2c1=O. The summed E-state index contributed by atoms with van der Waals surface area (Å²) in [6.45, 7) is 3.95. The van der Waals surface area contributed by atoms with Gasteiger partial charge in [-0.25, -0.2) is 9.37 Å². The molecule has 3 aromatic rings. The zero-order valence-corrected chi connectivity index (χ0v) is 15.5. The van der Waals surface area contributed by atoms with Gasteiger partial charge in [-0.2, -0.15) is 0 Å². The van der Waals surface area contributed by atoms with Gasteiger partial charge in [0.25, 0.3) is 5.56 Å². The molecule has 0 saturated carbocycles. The second kappa shape index (κ2) is 8.18. The van der Waals surface area contributed by atoms with Crippen molar-refractivity contribution in [2.24, 2.45) is 0 Å². The maximum absolute atomic E-state index is 13.8. The Morgan fingerprint density at radius 2 is 2.11 bits per heavy atom. The van der Waals surface area contributed by atoms with Crippen LogP contribution in [0.1, 0.15) is 10.4 Å². The zero-order chi connectivity index (χ0) is 19.4. The number of allylic oxidation sites excluding steroid dienone is 1. The van der Waals surface area contributed by atoms with Crippen LogP contribution in [0.4, 0.5) is 4.39 Å². The number of para-hydroxylation sites is 1. The minimum absolute atomic E-state index is 0.0215. The highest BCUT2D eigenvalue weighted by atomic mass is 32.2. The van der Waals surface area contributed by atoms with Gasteiger partial charge in [-0.15, -0.1) is 6.58 Å². The van der Waals surface area contributed by atoms with Crippen molar-refractivity contribution < 1.29 is 13.9 Å². The number of Topliss-reactive ketones (excluding diaryl/α,β-unsaturated/α-hetero) is 1. The summed E-state index contributed by atoms with van der Waals surface area (Å²) in [6.07, 6.45) is 1.60. The Hall–Kier alpha value is -2.93. The van der Waals surface area contributed by atoms with Crippen LogP contribution in [0.5, 0.6) is 5.75 Å². The summed E-state index contributed by atoms with van der Waals surface area (Å²) in [7, 11) is 1.36. The van der Waals surface area contributed by atoms with E-state index in [-0.39, 0.29) is 35.0 Å². The Labute approximate surface area is 159 Å². The summed E-state index contributed by atoms with van der Waals surface area (Å²) in [4.78, 5) is 29.6. The summed E-state index contributed by atoms with van der Waals surface area (Å²) in [5.41, 5.74) is 0.610. The molecule has 7 heteroatoms. The Morgan fingerprint density at radius 1 is 1.33 bits per heavy atom. The number of ether oxygens (including phenoxy) is 1. The monoisotopic (exact) mass is 384 g/mol. The van der Waals surface area contributed by atoms with E-state index < -0.39 is 5.82 Å². The predicted molar refractivity (Wildman–Crippen MR) is 104 cm³/mol. The summed E-state index contributed by atoms with van der Waals surface area (Å²) in [5, 5.41) is 0.924. The van der Waals surface area contributed by atoms with E-state index in [1.807, 2.05) is 0 Å². The number of methoxy groups -OCH3 is 1. The molecule has 0 atom stereocenters. The molecule has 5 nitrogen and oxygen atoms in total. The van der Waals surface area contributed by atoms with Crippen molar-refractivity contribution in [1.82, 2.24) is 9.55 Å². The third-order valence-electron chi connectivity index (χ3n) is 3.94. The minimum Gasteiger partial charge on any atom is -0.494 e. The van der Waals surface area contributed by atoms with E-state index in [0.717, 1.165) is 17.8 Å². The molecule has 0 spiro atoms. The molecule has 0 radical (unpaired) electrons. The average Bonchev–Trinajstić information content (AvgIpc) is 2.68. The fraction of sp³-hybridized carbons (Fsp3) is 0.150. The summed E-state index contributed by atoms with van der Waals surface area (Å²) >= 11 is 1.14. The lowest BCUT2D eigenvalue weighted by molar-refractivity contribution is 0.102. The molecule has 0 amide bonds. The van der Waals surface area contributed by atoms with E-state index in [9.17, 15) is 14.0 Å². The molecule has 0 fully saturated rings. The first kappa shape index (κ1) is 18.8. The molecule has 1 aromatic heterocycles. The predicted octanol–water partition coefficient (Wildman–Crippen LogP) is 3.71. The van der Waals surface area contributed by atoms with E-state index in [0.29, 0.717) is 16.1 Å². The van der Waals surface area contributed by atoms with Crippen molar-refractivity contribution in [2.75, 3.05) is 12.9 Å². The number of halogens is 1. The molecule has 0 unspecified atom stereocenters. The van der Waals surface area contributed by atoms with Gasteiger partial charge in [-0.05, 0) is 30.3 Å². The topological polar surface area (TPSA) is 61.2 Å². The number of benzene rings is 2. The molecule has 1 heterocycles. The van der Waals surface area contributed by atoms with Crippen molar-refractivity contribution in [3.8, 4) is 5.75 Å². The number of carbonyl (C=O) groups is 1. The molecular formula is C20H17FN2O3S. The number of nitrogens with zero attached hydrogens (tertiary/aromatic N) is 2. The quantitative estimate of drug-likeness (QED) is 0.269. The van der Waals surface area contributed by atoms with Crippen LogP contribution in [0.25, 0.3) is 10.9 Å². The van der Waals surface area contributed by atoms with Crippen LogP contribution in [0.2, 0.25) is 0 Å². The number of carbonyl (C=O) groups excluding carboxylic acids is 1. The van der Waals surface area contributed by atoms with Gasteiger partial charge in [-0.1, -0.05) is 30.0 Å². The number of ketones is 1. The molecule has 2 aromatic carbocycles. The van der Waals surface area contributed by atoms with Crippen molar-refractivity contribution in [3.05, 3.63) is 76.9 Å². The van der Waals surface area contributed by atoms with E-state index in [1.165, 1.54) is 23.8 Å². The smallest absolute Gasteiger partial charge is 0.262 e. The second-order valence-electron chi connectivity index (χ2n) is 5.68. The van der Waals surface area contributed by atoms with Crippen LogP contribution in [0, 0.1) is 5.82 Å². The molecule has 138 valence electrons. The van der Waals surface area contributed by atoms with Gasteiger partial charge in [0, 0.05) is 12.1 Å². The average molecular weight is 384 g/mol. The van der Waals surface area contributed by atoms with Gasteiger partial charge in [0.05, 0.1) is 23.8 Å². The Morgan fingerprint density at radius 3 is 2.81 bits per heavy atom. The highest BCUT2D eigenvalue weighted by Gasteiger charge is 2.15. The third-order valence-corrected chi connectivity index (χ3v) is 4.92. The molecule has 0 aliphatic carbocycles. The highest BCUT2D eigenvalue weighted by Crippen LogP contribution is 2.22. The normalized spacial score (nSPS) is 10.7. The maximum Gasteiger partial charge on any atom is 0.262 e. The molecule has 27 heavy (non-hydrogen) atoms. The fourth-order valence-electron chi connectivity index (χ4n) is 2.60. The highest BCUT2D eigenvalue weighted by molar-refractivity contribution is 7.99. The van der Waals surface area contributed by atoms with Gasteiger partial charge in [-0.3, -0.25) is 14.2 Å². The van der Waals surface area contributed by atoms with Crippen LogP contribution in [0.15, 0.2) is 65.1 Å². The Balaban J connectivity index is 1.88. The van der Waals surface area contributed by atoms with E-state index >= 15 is 0 Å². The van der Waals surface area contributed by atoms with E-state index in [2.05, 4.69) is 11.6 Å². The number of thioether (sulfide) groups is 1. The van der Waals surface area contributed by atoms with Crippen molar-refractivity contribution >= 4 is 28.4 Å². The lowest BCUT2D eigenvalue weighted by Crippen LogP contribution is -2.23. The zero-order valence-electron chi connectivity index (χ0n) is 14.6. The van der Waals surface area contributed by atoms with Crippen LogP contribution < -0.4 is 10.3 Å². The lowest BCUT2D eigenvalue weighted by atomic mass is 10.1. The third kappa shape index (κ3) is 3.93. The van der Waals surface area contributed by atoms with Gasteiger partial charge < -0.3 is 4.74 Å². The number of hydrogen-bond acceptors (Lipinski definition) is 5.